The number of amides is 1. The second kappa shape index (κ2) is 6.26. The lowest BCUT2D eigenvalue weighted by Gasteiger charge is -2.14. The zero-order valence-electron chi connectivity index (χ0n) is 16.4. The summed E-state index contributed by atoms with van der Waals surface area (Å²) in [6, 6.07) is 28.6. The predicted molar refractivity (Wildman–Crippen MR) is 125 cm³/mol. The SMILES string of the molecule is Cc1ccc2cccc(NC(=O)c3ccc4ccc5cccc6ccc3c4c56)c2n1. The van der Waals surface area contributed by atoms with Crippen molar-refractivity contribution in [3.05, 3.63) is 96.2 Å². The molecule has 0 saturated carbocycles. The summed E-state index contributed by atoms with van der Waals surface area (Å²) < 4.78 is 0. The summed E-state index contributed by atoms with van der Waals surface area (Å²) in [5, 5.41) is 11.0. The summed E-state index contributed by atoms with van der Waals surface area (Å²) in [4.78, 5) is 18.0. The number of anilines is 1. The van der Waals surface area contributed by atoms with E-state index in [0.29, 0.717) is 5.56 Å². The van der Waals surface area contributed by atoms with Crippen molar-refractivity contribution in [2.45, 2.75) is 6.92 Å². The van der Waals surface area contributed by atoms with E-state index in [4.69, 9.17) is 0 Å². The van der Waals surface area contributed by atoms with Crippen LogP contribution in [0.15, 0.2) is 84.9 Å². The number of hydrogen-bond acceptors (Lipinski definition) is 2. The Kier molecular flexibility index (Phi) is 3.53. The average Bonchev–Trinajstić information content (AvgIpc) is 2.77. The summed E-state index contributed by atoms with van der Waals surface area (Å²) >= 11 is 0. The van der Waals surface area contributed by atoms with Gasteiger partial charge in [-0.1, -0.05) is 66.7 Å². The summed E-state index contributed by atoms with van der Waals surface area (Å²) in [6.45, 7) is 1.96. The van der Waals surface area contributed by atoms with Crippen LogP contribution < -0.4 is 5.32 Å². The van der Waals surface area contributed by atoms with Gasteiger partial charge in [-0.25, -0.2) is 0 Å². The molecule has 0 unspecified atom stereocenters. The molecule has 30 heavy (non-hydrogen) atoms. The first kappa shape index (κ1) is 16.9. The van der Waals surface area contributed by atoms with Gasteiger partial charge in [0.25, 0.3) is 5.91 Å². The molecule has 3 heteroatoms. The highest BCUT2D eigenvalue weighted by atomic mass is 16.1. The normalized spacial score (nSPS) is 11.6. The maximum atomic E-state index is 13.4. The second-order valence-corrected chi connectivity index (χ2v) is 7.75. The molecule has 0 atom stereocenters. The number of aryl methyl sites for hydroxylation is 1. The lowest BCUT2D eigenvalue weighted by atomic mass is 9.92. The molecule has 0 aliphatic rings. The van der Waals surface area contributed by atoms with Crippen molar-refractivity contribution in [3.8, 4) is 0 Å². The van der Waals surface area contributed by atoms with Crippen LogP contribution in [0.1, 0.15) is 16.1 Å². The van der Waals surface area contributed by atoms with E-state index in [1.807, 2.05) is 49.4 Å². The van der Waals surface area contributed by atoms with Crippen molar-refractivity contribution in [1.29, 1.82) is 0 Å². The molecule has 1 heterocycles. The highest BCUT2D eigenvalue weighted by molar-refractivity contribution is 6.27. The lowest BCUT2D eigenvalue weighted by molar-refractivity contribution is 0.102. The van der Waals surface area contributed by atoms with Crippen LogP contribution >= 0.6 is 0 Å². The number of pyridine rings is 1. The van der Waals surface area contributed by atoms with Gasteiger partial charge < -0.3 is 5.32 Å². The van der Waals surface area contributed by atoms with Gasteiger partial charge in [0.1, 0.15) is 0 Å². The Balaban J connectivity index is 1.53. The Morgan fingerprint density at radius 2 is 1.33 bits per heavy atom. The number of nitrogens with zero attached hydrogens (tertiary/aromatic N) is 1. The fourth-order valence-electron chi connectivity index (χ4n) is 4.47. The maximum Gasteiger partial charge on any atom is 0.256 e. The van der Waals surface area contributed by atoms with Gasteiger partial charge in [-0.15, -0.1) is 0 Å². The van der Waals surface area contributed by atoms with Crippen molar-refractivity contribution in [1.82, 2.24) is 4.98 Å². The molecule has 5 aromatic carbocycles. The van der Waals surface area contributed by atoms with Gasteiger partial charge in [-0.3, -0.25) is 9.78 Å². The minimum absolute atomic E-state index is 0.122. The highest BCUT2D eigenvalue weighted by Crippen LogP contribution is 2.36. The molecule has 6 rings (SSSR count). The Labute approximate surface area is 173 Å². The molecule has 0 radical (unpaired) electrons. The van der Waals surface area contributed by atoms with E-state index in [1.54, 1.807) is 0 Å². The van der Waals surface area contributed by atoms with Crippen molar-refractivity contribution in [2.24, 2.45) is 0 Å². The molecule has 1 aromatic heterocycles. The Morgan fingerprint density at radius 3 is 2.17 bits per heavy atom. The quantitative estimate of drug-likeness (QED) is 0.337. The Hall–Kier alpha value is -3.98. The minimum atomic E-state index is -0.122. The molecular weight excluding hydrogens is 368 g/mol. The van der Waals surface area contributed by atoms with E-state index >= 15 is 0 Å². The van der Waals surface area contributed by atoms with Crippen LogP contribution in [-0.2, 0) is 0 Å². The standard InChI is InChI=1S/C27H18N2O/c1-16-8-9-20-6-3-7-23(26(20)28-16)29-27(30)22-15-13-19-11-10-17-4-2-5-18-12-14-21(22)25(19)24(17)18/h2-15H,1H3,(H,29,30). The molecule has 6 aromatic rings. The number of benzene rings is 5. The van der Waals surface area contributed by atoms with E-state index < -0.39 is 0 Å². The van der Waals surface area contributed by atoms with Crippen LogP contribution in [-0.4, -0.2) is 10.9 Å². The van der Waals surface area contributed by atoms with Crippen LogP contribution in [0, 0.1) is 6.92 Å². The zero-order chi connectivity index (χ0) is 20.2. The predicted octanol–water partition coefficient (Wildman–Crippen LogP) is 6.69. The third-order valence-electron chi connectivity index (χ3n) is 5.88. The number of nitrogens with one attached hydrogen (secondary N) is 1. The first-order valence-electron chi connectivity index (χ1n) is 10.0. The summed E-state index contributed by atoms with van der Waals surface area (Å²) in [7, 11) is 0. The lowest BCUT2D eigenvalue weighted by Crippen LogP contribution is -2.13. The van der Waals surface area contributed by atoms with Crippen LogP contribution in [0.25, 0.3) is 43.2 Å². The Morgan fingerprint density at radius 1 is 0.700 bits per heavy atom. The number of para-hydroxylation sites is 1. The number of aromatic nitrogens is 1. The Bertz CT molecular complexity index is 1580. The van der Waals surface area contributed by atoms with E-state index in [9.17, 15) is 4.79 Å². The molecule has 1 amide bonds. The van der Waals surface area contributed by atoms with E-state index in [-0.39, 0.29) is 5.91 Å². The van der Waals surface area contributed by atoms with Crippen molar-refractivity contribution >= 4 is 54.8 Å². The fourth-order valence-corrected chi connectivity index (χ4v) is 4.47. The number of hydrogen-bond donors (Lipinski definition) is 1. The highest BCUT2D eigenvalue weighted by Gasteiger charge is 2.16. The molecule has 0 saturated heterocycles. The third-order valence-corrected chi connectivity index (χ3v) is 5.88. The molecule has 0 aliphatic heterocycles. The second-order valence-electron chi connectivity index (χ2n) is 7.75. The molecule has 142 valence electrons. The molecule has 1 N–H and O–H groups in total. The summed E-state index contributed by atoms with van der Waals surface area (Å²) in [5.74, 6) is -0.122. The number of carbonyl (C=O) groups excluding carboxylic acids is 1. The van der Waals surface area contributed by atoms with Gasteiger partial charge in [0.05, 0.1) is 11.2 Å². The van der Waals surface area contributed by atoms with Gasteiger partial charge in [0.2, 0.25) is 0 Å². The van der Waals surface area contributed by atoms with E-state index in [1.165, 1.54) is 16.2 Å². The molecule has 0 fully saturated rings. The molecule has 0 bridgehead atoms. The topological polar surface area (TPSA) is 42.0 Å². The van der Waals surface area contributed by atoms with Gasteiger partial charge in [0, 0.05) is 16.6 Å². The number of fused-ring (bicyclic) bond motifs is 1. The fraction of sp³-hybridized carbons (Fsp3) is 0.0370. The average molecular weight is 386 g/mol. The molecule has 3 nitrogen and oxygen atoms in total. The monoisotopic (exact) mass is 386 g/mol. The summed E-state index contributed by atoms with van der Waals surface area (Å²) in [5.41, 5.74) is 3.13. The smallest absolute Gasteiger partial charge is 0.256 e. The van der Waals surface area contributed by atoms with Crippen LogP contribution in [0.2, 0.25) is 0 Å². The number of carbonyl (C=O) groups is 1. The van der Waals surface area contributed by atoms with E-state index in [0.717, 1.165) is 38.4 Å². The zero-order valence-corrected chi connectivity index (χ0v) is 16.4. The first-order chi connectivity index (χ1) is 14.7. The van der Waals surface area contributed by atoms with Crippen molar-refractivity contribution < 1.29 is 4.79 Å². The van der Waals surface area contributed by atoms with Crippen LogP contribution in [0.3, 0.4) is 0 Å². The van der Waals surface area contributed by atoms with E-state index in [2.05, 4.69) is 52.8 Å². The third kappa shape index (κ3) is 2.45. The van der Waals surface area contributed by atoms with Crippen LogP contribution in [0.5, 0.6) is 0 Å². The van der Waals surface area contributed by atoms with Crippen LogP contribution in [0.4, 0.5) is 5.69 Å². The molecule has 0 aliphatic carbocycles. The summed E-state index contributed by atoms with van der Waals surface area (Å²) in [6.07, 6.45) is 0. The van der Waals surface area contributed by atoms with Gasteiger partial charge in [-0.05, 0) is 57.4 Å². The van der Waals surface area contributed by atoms with Gasteiger partial charge in [0.15, 0.2) is 0 Å². The molecule has 0 spiro atoms. The van der Waals surface area contributed by atoms with Crippen molar-refractivity contribution in [3.63, 3.8) is 0 Å². The number of rotatable bonds is 2. The maximum absolute atomic E-state index is 13.4. The van der Waals surface area contributed by atoms with Gasteiger partial charge >= 0.3 is 0 Å². The van der Waals surface area contributed by atoms with Gasteiger partial charge in [-0.2, -0.15) is 0 Å². The largest absolute Gasteiger partial charge is 0.320 e. The first-order valence-corrected chi connectivity index (χ1v) is 10.0. The minimum Gasteiger partial charge on any atom is -0.320 e. The van der Waals surface area contributed by atoms with Crippen molar-refractivity contribution in [2.75, 3.05) is 5.32 Å². The molecular formula is C27H18N2O.